The molecular formula is C22H20F3N5O3S. The van der Waals surface area contributed by atoms with Gasteiger partial charge >= 0.3 is 12.2 Å². The molecule has 0 saturated carbocycles. The zero-order valence-electron chi connectivity index (χ0n) is 18.0. The number of halogens is 3. The van der Waals surface area contributed by atoms with Gasteiger partial charge in [-0.25, -0.2) is 9.78 Å². The van der Waals surface area contributed by atoms with Gasteiger partial charge in [-0.05, 0) is 43.7 Å². The summed E-state index contributed by atoms with van der Waals surface area (Å²) in [4.78, 5) is 32.4. The van der Waals surface area contributed by atoms with E-state index < -0.39 is 17.8 Å². The molecule has 4 heterocycles. The number of nitrogens with one attached hydrogen (secondary N) is 3. The first-order valence-electron chi connectivity index (χ1n) is 10.6. The summed E-state index contributed by atoms with van der Waals surface area (Å²) in [7, 11) is 1.15. The monoisotopic (exact) mass is 491 g/mol. The number of rotatable bonds is 4. The van der Waals surface area contributed by atoms with Crippen LogP contribution in [0.25, 0.3) is 10.2 Å². The highest BCUT2D eigenvalue weighted by atomic mass is 32.1. The fourth-order valence-electron chi connectivity index (χ4n) is 4.28. The summed E-state index contributed by atoms with van der Waals surface area (Å²) >= 11 is 1.13. The molecule has 34 heavy (non-hydrogen) atoms. The molecule has 1 saturated heterocycles. The van der Waals surface area contributed by atoms with Crippen LogP contribution in [0.15, 0.2) is 30.5 Å². The van der Waals surface area contributed by atoms with E-state index in [-0.39, 0.29) is 23.4 Å². The molecule has 2 aliphatic heterocycles. The summed E-state index contributed by atoms with van der Waals surface area (Å²) in [6, 6.07) is 4.25. The van der Waals surface area contributed by atoms with E-state index in [1.54, 1.807) is 6.07 Å². The zero-order chi connectivity index (χ0) is 24.0. The number of amides is 3. The number of benzene rings is 1. The number of hydrogen-bond donors (Lipinski definition) is 3. The van der Waals surface area contributed by atoms with Crippen LogP contribution in [0.1, 0.15) is 28.1 Å². The summed E-state index contributed by atoms with van der Waals surface area (Å²) < 4.78 is 45.6. The van der Waals surface area contributed by atoms with Crippen LogP contribution in [0.5, 0.6) is 5.75 Å². The molecule has 0 spiro atoms. The molecule has 5 rings (SSSR count). The van der Waals surface area contributed by atoms with Gasteiger partial charge in [0, 0.05) is 18.8 Å². The molecule has 178 valence electrons. The van der Waals surface area contributed by atoms with E-state index in [9.17, 15) is 22.8 Å². The molecule has 1 unspecified atom stereocenters. The summed E-state index contributed by atoms with van der Waals surface area (Å²) in [6.07, 6.45) is -1.41. The average molecular weight is 491 g/mol. The van der Waals surface area contributed by atoms with Crippen molar-refractivity contribution in [2.75, 3.05) is 30.4 Å². The molecule has 0 aliphatic carbocycles. The summed E-state index contributed by atoms with van der Waals surface area (Å²) in [5.41, 5.74) is -0.330. The van der Waals surface area contributed by atoms with Crippen molar-refractivity contribution in [2.45, 2.75) is 25.1 Å². The Morgan fingerprint density at radius 1 is 1.32 bits per heavy atom. The van der Waals surface area contributed by atoms with E-state index in [4.69, 9.17) is 4.74 Å². The number of thiophene rings is 1. The lowest BCUT2D eigenvalue weighted by atomic mass is 10.1. The quantitative estimate of drug-likeness (QED) is 0.500. The van der Waals surface area contributed by atoms with E-state index in [1.165, 1.54) is 18.3 Å². The van der Waals surface area contributed by atoms with Crippen molar-refractivity contribution in [3.05, 3.63) is 40.9 Å². The van der Waals surface area contributed by atoms with Crippen molar-refractivity contribution in [3.63, 3.8) is 0 Å². The number of hydrogen-bond acceptors (Lipinski definition) is 6. The van der Waals surface area contributed by atoms with Gasteiger partial charge in [-0.3, -0.25) is 9.69 Å². The van der Waals surface area contributed by atoms with E-state index in [1.807, 2.05) is 0 Å². The van der Waals surface area contributed by atoms with Crippen molar-refractivity contribution in [3.8, 4) is 5.75 Å². The van der Waals surface area contributed by atoms with Crippen LogP contribution in [0.2, 0.25) is 0 Å². The number of urea groups is 1. The third-order valence-electron chi connectivity index (χ3n) is 5.83. The van der Waals surface area contributed by atoms with Gasteiger partial charge in [0.25, 0.3) is 5.91 Å². The number of carbonyl (C=O) groups is 2. The normalized spacial score (nSPS) is 18.1. The molecule has 3 aromatic rings. The van der Waals surface area contributed by atoms with Crippen LogP contribution in [-0.2, 0) is 6.18 Å². The van der Waals surface area contributed by atoms with Crippen LogP contribution in [0, 0.1) is 0 Å². The molecule has 0 bridgehead atoms. The van der Waals surface area contributed by atoms with E-state index in [2.05, 4.69) is 20.9 Å². The summed E-state index contributed by atoms with van der Waals surface area (Å²) in [5, 5.41) is 9.42. The van der Waals surface area contributed by atoms with Gasteiger partial charge in [-0.15, -0.1) is 11.3 Å². The highest BCUT2D eigenvalue weighted by molar-refractivity contribution is 7.21. The second-order valence-electron chi connectivity index (χ2n) is 7.98. The van der Waals surface area contributed by atoms with Gasteiger partial charge in [-0.2, -0.15) is 13.2 Å². The molecule has 3 N–H and O–H groups in total. The lowest BCUT2D eigenvalue weighted by Gasteiger charge is -2.29. The second kappa shape index (κ2) is 8.44. The maximum absolute atomic E-state index is 13.6. The lowest BCUT2D eigenvalue weighted by Crippen LogP contribution is -2.45. The summed E-state index contributed by atoms with van der Waals surface area (Å²) in [6.45, 7) is 1.57. The number of alkyl halides is 3. The first-order chi connectivity index (χ1) is 16.3. The molecule has 0 radical (unpaired) electrons. The minimum Gasteiger partial charge on any atom is -0.496 e. The number of pyridine rings is 1. The Balaban J connectivity index is 1.57. The van der Waals surface area contributed by atoms with Crippen LogP contribution < -0.4 is 25.6 Å². The smallest absolute Gasteiger partial charge is 0.420 e. The largest absolute Gasteiger partial charge is 0.496 e. The van der Waals surface area contributed by atoms with Crippen LogP contribution in [0.4, 0.5) is 35.0 Å². The third kappa shape index (κ3) is 3.82. The predicted molar refractivity (Wildman–Crippen MR) is 122 cm³/mol. The predicted octanol–water partition coefficient (Wildman–Crippen LogP) is 4.49. The molecule has 3 amide bonds. The van der Waals surface area contributed by atoms with Gasteiger partial charge in [0.05, 0.1) is 35.1 Å². The van der Waals surface area contributed by atoms with Gasteiger partial charge in [0.1, 0.15) is 15.5 Å². The van der Waals surface area contributed by atoms with Crippen LogP contribution in [-0.4, -0.2) is 43.2 Å². The van der Waals surface area contributed by atoms with Crippen molar-refractivity contribution in [1.82, 2.24) is 15.6 Å². The Bertz CT molecular complexity index is 1290. The second-order valence-corrected chi connectivity index (χ2v) is 8.98. The number of methoxy groups -OCH3 is 1. The van der Waals surface area contributed by atoms with Gasteiger partial charge < -0.3 is 20.7 Å². The fourth-order valence-corrected chi connectivity index (χ4v) is 5.31. The molecule has 12 heteroatoms. The standard InChI is InChI=1S/C22H20F3N5O3S/c1-33-15-5-4-12(9-13(15)22(23,24)25)30-14-6-8-27-20-16(14)17(29-21(30)32)18(34-20)19(31)28-11-3-2-7-26-10-11/h4-6,8-9,11,26H,2-3,7,10H2,1H3,(H,28,31)(H,29,32). The van der Waals surface area contributed by atoms with Gasteiger partial charge in [0.2, 0.25) is 0 Å². The van der Waals surface area contributed by atoms with Gasteiger partial charge in [-0.1, -0.05) is 0 Å². The van der Waals surface area contributed by atoms with Crippen LogP contribution in [0.3, 0.4) is 0 Å². The van der Waals surface area contributed by atoms with E-state index in [0.29, 0.717) is 33.0 Å². The van der Waals surface area contributed by atoms with Gasteiger partial charge in [0.15, 0.2) is 0 Å². The molecule has 1 aromatic carbocycles. The average Bonchev–Trinajstić information content (AvgIpc) is 3.18. The molecule has 2 aromatic heterocycles. The summed E-state index contributed by atoms with van der Waals surface area (Å²) in [5.74, 6) is -0.670. The Labute approximate surface area is 196 Å². The third-order valence-corrected chi connectivity index (χ3v) is 6.93. The molecule has 8 nitrogen and oxygen atoms in total. The first kappa shape index (κ1) is 22.4. The number of aromatic nitrogens is 1. The maximum atomic E-state index is 13.6. The maximum Gasteiger partial charge on any atom is 0.420 e. The van der Waals surface area contributed by atoms with Crippen LogP contribution >= 0.6 is 11.3 Å². The Hall–Kier alpha value is -3.38. The van der Waals surface area contributed by atoms with E-state index >= 15 is 0 Å². The topological polar surface area (TPSA) is 95.6 Å². The minimum absolute atomic E-state index is 0.00857. The highest BCUT2D eigenvalue weighted by Gasteiger charge is 2.37. The molecular weight excluding hydrogens is 471 g/mol. The number of ether oxygens (including phenoxy) is 1. The fraction of sp³-hybridized carbons (Fsp3) is 0.318. The van der Waals surface area contributed by atoms with Crippen molar-refractivity contribution in [1.29, 1.82) is 0 Å². The van der Waals surface area contributed by atoms with E-state index in [0.717, 1.165) is 48.8 Å². The Morgan fingerprint density at radius 3 is 2.85 bits per heavy atom. The van der Waals surface area contributed by atoms with Crippen molar-refractivity contribution >= 4 is 50.6 Å². The number of nitrogens with zero attached hydrogens (tertiary/aromatic N) is 2. The highest BCUT2D eigenvalue weighted by Crippen LogP contribution is 2.47. The van der Waals surface area contributed by atoms with Crippen molar-refractivity contribution < 1.29 is 27.5 Å². The molecule has 2 aliphatic rings. The number of carbonyl (C=O) groups excluding carboxylic acids is 2. The molecule has 1 fully saturated rings. The zero-order valence-corrected chi connectivity index (χ0v) is 18.8. The number of anilines is 3. The Kier molecular flexibility index (Phi) is 5.56. The first-order valence-corrected chi connectivity index (χ1v) is 11.4. The Morgan fingerprint density at radius 2 is 2.15 bits per heavy atom. The minimum atomic E-state index is -4.67. The molecule has 1 atom stereocenters. The SMILES string of the molecule is COc1ccc(N2C(=O)Nc3c(C(=O)NC4CCCNC4)sc4nccc2c34)cc1C(F)(F)F. The number of piperidine rings is 1. The lowest BCUT2D eigenvalue weighted by molar-refractivity contribution is -0.138. The van der Waals surface area contributed by atoms with Crippen molar-refractivity contribution in [2.24, 2.45) is 0 Å².